The van der Waals surface area contributed by atoms with Gasteiger partial charge in [-0.2, -0.15) is 5.10 Å². The molecule has 3 heteroatoms. The summed E-state index contributed by atoms with van der Waals surface area (Å²) in [7, 11) is 0. The van der Waals surface area contributed by atoms with Crippen LogP contribution in [0.2, 0.25) is 0 Å². The third-order valence-corrected chi connectivity index (χ3v) is 3.04. The lowest BCUT2D eigenvalue weighted by Crippen LogP contribution is -2.18. The van der Waals surface area contributed by atoms with Gasteiger partial charge < -0.3 is 0 Å². The first-order chi connectivity index (χ1) is 9.13. The lowest BCUT2D eigenvalue weighted by Gasteiger charge is -2.04. The number of nitrogens with one attached hydrogen (secondary N) is 1. The number of benzene rings is 1. The predicted octanol–water partition coefficient (Wildman–Crippen LogP) is 3.81. The molecule has 0 spiro atoms. The van der Waals surface area contributed by atoms with Gasteiger partial charge in [-0.15, -0.1) is 0 Å². The average Bonchev–Trinajstić information content (AvgIpc) is 2.41. The van der Waals surface area contributed by atoms with E-state index in [-0.39, 0.29) is 5.91 Å². The van der Waals surface area contributed by atoms with Crippen LogP contribution in [-0.2, 0) is 4.79 Å². The second-order valence-corrected chi connectivity index (χ2v) is 4.91. The second kappa shape index (κ2) is 8.46. The molecule has 1 aromatic carbocycles. The summed E-state index contributed by atoms with van der Waals surface area (Å²) < 4.78 is 0. The van der Waals surface area contributed by atoms with Crippen LogP contribution in [0.5, 0.6) is 0 Å². The highest BCUT2D eigenvalue weighted by molar-refractivity contribution is 5.99. The summed E-state index contributed by atoms with van der Waals surface area (Å²) in [6.07, 6.45) is 5.00. The molecule has 1 rings (SSSR count). The largest absolute Gasteiger partial charge is 0.273 e. The third kappa shape index (κ3) is 6.18. The Hall–Kier alpha value is -1.64. The van der Waals surface area contributed by atoms with Crippen LogP contribution >= 0.6 is 0 Å². The molecule has 0 bridgehead atoms. The molecular weight excluding hydrogens is 236 g/mol. The maximum atomic E-state index is 11.6. The zero-order valence-electron chi connectivity index (χ0n) is 12.2. The van der Waals surface area contributed by atoms with Crippen LogP contribution in [0, 0.1) is 6.92 Å². The lowest BCUT2D eigenvalue weighted by atomic mass is 10.1. The van der Waals surface area contributed by atoms with Gasteiger partial charge in [0.25, 0.3) is 0 Å². The van der Waals surface area contributed by atoms with Gasteiger partial charge in [0, 0.05) is 6.42 Å². The van der Waals surface area contributed by atoms with Gasteiger partial charge in [0.15, 0.2) is 0 Å². The summed E-state index contributed by atoms with van der Waals surface area (Å²) in [5, 5.41) is 4.15. The van der Waals surface area contributed by atoms with E-state index in [9.17, 15) is 4.79 Å². The van der Waals surface area contributed by atoms with Crippen molar-refractivity contribution >= 4 is 11.6 Å². The predicted molar refractivity (Wildman–Crippen MR) is 80.3 cm³/mol. The molecule has 0 aliphatic rings. The fourth-order valence-corrected chi connectivity index (χ4v) is 1.85. The van der Waals surface area contributed by atoms with Crippen molar-refractivity contribution in [2.24, 2.45) is 5.10 Å². The summed E-state index contributed by atoms with van der Waals surface area (Å²) in [6.45, 7) is 6.12. The second-order valence-electron chi connectivity index (χ2n) is 4.91. The van der Waals surface area contributed by atoms with Crippen LogP contribution in [0.4, 0.5) is 0 Å². The van der Waals surface area contributed by atoms with Crippen molar-refractivity contribution in [3.63, 3.8) is 0 Å². The van der Waals surface area contributed by atoms with E-state index in [1.807, 2.05) is 32.0 Å². The highest BCUT2D eigenvalue weighted by atomic mass is 16.2. The molecule has 0 heterocycles. The Labute approximate surface area is 116 Å². The number of carbonyl (C=O) groups excluding carboxylic acids is 1. The molecule has 0 aliphatic heterocycles. The number of hydrogen-bond acceptors (Lipinski definition) is 2. The molecule has 0 fully saturated rings. The van der Waals surface area contributed by atoms with E-state index in [0.29, 0.717) is 6.42 Å². The van der Waals surface area contributed by atoms with Crippen LogP contribution in [0.25, 0.3) is 0 Å². The molecule has 3 nitrogen and oxygen atoms in total. The number of hydrogen-bond donors (Lipinski definition) is 1. The number of aryl methyl sites for hydroxylation is 1. The monoisotopic (exact) mass is 260 g/mol. The SMILES string of the molecule is CCCCCCC(=O)NN=C(C)c1cccc(C)c1. The zero-order valence-corrected chi connectivity index (χ0v) is 12.2. The average molecular weight is 260 g/mol. The van der Waals surface area contributed by atoms with Gasteiger partial charge in [0.05, 0.1) is 5.71 Å². The van der Waals surface area contributed by atoms with Crippen LogP contribution in [-0.4, -0.2) is 11.6 Å². The van der Waals surface area contributed by atoms with Crippen molar-refractivity contribution in [3.05, 3.63) is 35.4 Å². The van der Waals surface area contributed by atoms with Gasteiger partial charge in [-0.25, -0.2) is 5.43 Å². The maximum Gasteiger partial charge on any atom is 0.240 e. The zero-order chi connectivity index (χ0) is 14.1. The van der Waals surface area contributed by atoms with Gasteiger partial charge in [-0.05, 0) is 25.8 Å². The van der Waals surface area contributed by atoms with Crippen molar-refractivity contribution in [1.82, 2.24) is 5.43 Å². The molecule has 1 aromatic rings. The highest BCUT2D eigenvalue weighted by Crippen LogP contribution is 2.05. The summed E-state index contributed by atoms with van der Waals surface area (Å²) in [5.74, 6) is 0.00288. The van der Waals surface area contributed by atoms with Gasteiger partial charge in [-0.1, -0.05) is 56.0 Å². The quantitative estimate of drug-likeness (QED) is 0.452. The standard InChI is InChI=1S/C16H24N2O/c1-4-5-6-7-11-16(19)18-17-14(3)15-10-8-9-13(2)12-15/h8-10,12H,4-7,11H2,1-3H3,(H,18,19). The number of amides is 1. The minimum Gasteiger partial charge on any atom is -0.273 e. The topological polar surface area (TPSA) is 41.5 Å². The van der Waals surface area contributed by atoms with Crippen molar-refractivity contribution in [1.29, 1.82) is 0 Å². The summed E-state index contributed by atoms with van der Waals surface area (Å²) >= 11 is 0. The summed E-state index contributed by atoms with van der Waals surface area (Å²) in [5.41, 5.74) is 5.70. The number of rotatable bonds is 7. The fourth-order valence-electron chi connectivity index (χ4n) is 1.85. The Kier molecular flexibility index (Phi) is 6.86. The number of carbonyl (C=O) groups is 1. The summed E-state index contributed by atoms with van der Waals surface area (Å²) in [4.78, 5) is 11.6. The van der Waals surface area contributed by atoms with E-state index in [4.69, 9.17) is 0 Å². The molecule has 1 N–H and O–H groups in total. The minimum atomic E-state index is 0.00288. The number of nitrogens with zero attached hydrogens (tertiary/aromatic N) is 1. The Morgan fingerprint density at radius 3 is 2.74 bits per heavy atom. The fraction of sp³-hybridized carbons (Fsp3) is 0.500. The van der Waals surface area contributed by atoms with E-state index in [1.165, 1.54) is 18.4 Å². The van der Waals surface area contributed by atoms with Crippen LogP contribution in [0.1, 0.15) is 57.1 Å². The molecule has 0 saturated carbocycles. The number of unbranched alkanes of at least 4 members (excludes halogenated alkanes) is 3. The van der Waals surface area contributed by atoms with Gasteiger partial charge >= 0.3 is 0 Å². The van der Waals surface area contributed by atoms with E-state index in [2.05, 4.69) is 23.5 Å². The molecule has 1 amide bonds. The molecule has 0 aromatic heterocycles. The molecule has 0 saturated heterocycles. The van der Waals surface area contributed by atoms with E-state index < -0.39 is 0 Å². The first kappa shape index (κ1) is 15.4. The van der Waals surface area contributed by atoms with E-state index in [1.54, 1.807) is 0 Å². The smallest absolute Gasteiger partial charge is 0.240 e. The Morgan fingerprint density at radius 1 is 1.26 bits per heavy atom. The molecule has 19 heavy (non-hydrogen) atoms. The first-order valence-electron chi connectivity index (χ1n) is 7.03. The van der Waals surface area contributed by atoms with Gasteiger partial charge in [0.2, 0.25) is 5.91 Å². The summed E-state index contributed by atoms with van der Waals surface area (Å²) in [6, 6.07) is 8.10. The lowest BCUT2D eigenvalue weighted by molar-refractivity contribution is -0.121. The van der Waals surface area contributed by atoms with Crippen LogP contribution in [0.15, 0.2) is 29.4 Å². The molecule has 0 atom stereocenters. The molecule has 104 valence electrons. The molecule has 0 radical (unpaired) electrons. The van der Waals surface area contributed by atoms with Crippen molar-refractivity contribution in [2.45, 2.75) is 52.9 Å². The van der Waals surface area contributed by atoms with Gasteiger partial charge in [0.1, 0.15) is 0 Å². The molecular formula is C16H24N2O. The van der Waals surface area contributed by atoms with Crippen molar-refractivity contribution in [3.8, 4) is 0 Å². The Bertz CT molecular complexity index is 438. The number of hydrazone groups is 1. The van der Waals surface area contributed by atoms with E-state index in [0.717, 1.165) is 24.1 Å². The molecule has 0 unspecified atom stereocenters. The van der Waals surface area contributed by atoms with Crippen LogP contribution in [0.3, 0.4) is 0 Å². The van der Waals surface area contributed by atoms with Crippen molar-refractivity contribution < 1.29 is 4.79 Å². The third-order valence-electron chi connectivity index (χ3n) is 3.04. The maximum absolute atomic E-state index is 11.6. The van der Waals surface area contributed by atoms with Crippen molar-refractivity contribution in [2.75, 3.05) is 0 Å². The first-order valence-corrected chi connectivity index (χ1v) is 7.03. The normalized spacial score (nSPS) is 11.4. The van der Waals surface area contributed by atoms with E-state index >= 15 is 0 Å². The Morgan fingerprint density at radius 2 is 2.05 bits per heavy atom. The highest BCUT2D eigenvalue weighted by Gasteiger charge is 2.01. The Balaban J connectivity index is 2.41. The minimum absolute atomic E-state index is 0.00288. The van der Waals surface area contributed by atoms with Crippen LogP contribution < -0.4 is 5.43 Å². The van der Waals surface area contributed by atoms with Gasteiger partial charge in [-0.3, -0.25) is 4.79 Å². The molecule has 0 aliphatic carbocycles.